The average Bonchev–Trinajstić information content (AvgIpc) is 3.48. The summed E-state index contributed by atoms with van der Waals surface area (Å²) in [6.45, 7) is 2.63. The summed E-state index contributed by atoms with van der Waals surface area (Å²) in [5, 5.41) is 39.8. The molecule has 0 unspecified atom stereocenters. The molecule has 1 aliphatic heterocycles. The van der Waals surface area contributed by atoms with E-state index in [1.807, 2.05) is 41.0 Å². The predicted octanol–water partition coefficient (Wildman–Crippen LogP) is 2.83. The van der Waals surface area contributed by atoms with E-state index in [0.717, 1.165) is 43.7 Å². The number of imidazole rings is 1. The molecule has 1 aliphatic rings. The number of likely N-dealkylation sites (tertiary alicyclic amines) is 1. The summed E-state index contributed by atoms with van der Waals surface area (Å²) in [7, 11) is 0. The van der Waals surface area contributed by atoms with E-state index in [4.69, 9.17) is 36.3 Å². The van der Waals surface area contributed by atoms with Crippen molar-refractivity contribution in [3.63, 3.8) is 0 Å². The number of piperidine rings is 1. The molecule has 0 amide bonds. The molecule has 1 aromatic carbocycles. The molecule has 246 valence electrons. The molecule has 49 heavy (non-hydrogen) atoms. The number of pyridine rings is 3. The first kappa shape index (κ1) is 31.5. The molecule has 0 bridgehead atoms. The van der Waals surface area contributed by atoms with Crippen LogP contribution >= 0.6 is 0 Å². The van der Waals surface area contributed by atoms with E-state index in [1.165, 1.54) is 12.3 Å². The number of fused-ring (bicyclic) bond motifs is 1. The van der Waals surface area contributed by atoms with Crippen molar-refractivity contribution in [1.29, 1.82) is 5.26 Å². The van der Waals surface area contributed by atoms with Gasteiger partial charge in [0.25, 0.3) is 0 Å². The number of rotatable bonds is 9. The summed E-state index contributed by atoms with van der Waals surface area (Å²) in [5.41, 5.74) is 11.4. The molecule has 6 aromatic rings. The van der Waals surface area contributed by atoms with Crippen LogP contribution in [0.1, 0.15) is 24.2 Å². The summed E-state index contributed by atoms with van der Waals surface area (Å²) < 4.78 is 6.52. The minimum atomic E-state index is -3.34. The molecule has 0 radical (unpaired) electrons. The fourth-order valence-electron chi connectivity index (χ4n) is 5.83. The summed E-state index contributed by atoms with van der Waals surface area (Å²) in [6, 6.07) is 22.7. The summed E-state index contributed by atoms with van der Waals surface area (Å²) >= 11 is 0. The maximum atomic E-state index is 9.10. The molecule has 0 spiro atoms. The Kier molecular flexibility index (Phi) is 8.51. The molecule has 1 fully saturated rings. The van der Waals surface area contributed by atoms with Crippen molar-refractivity contribution in [1.82, 2.24) is 39.4 Å². The Morgan fingerprint density at radius 2 is 1.73 bits per heavy atom. The molecular weight excluding hydrogens is 626 g/mol. The van der Waals surface area contributed by atoms with Crippen LogP contribution in [0, 0.1) is 11.3 Å². The minimum absolute atomic E-state index is 0.156. The zero-order valence-electron chi connectivity index (χ0n) is 26.0. The SMILES string of the molecule is N#Cc1nccc(NC2CCN(Cc3ccc(-n4c(-c5cccnc5N)nc5ccc(-c6ccc(OC(O)(O)O)nc6)nc54)cc3)CC2)n1. The third kappa shape index (κ3) is 7.12. The standard InChI is InChI=1S/C34H31N11O4/c35-18-29-37-15-11-28(43-29)40-23-12-16-44(17-13-23)20-21-3-6-24(7-4-21)45-32(25-2-1-14-38-31(25)36)42-27-9-8-26(41-33(27)45)22-5-10-30(39-19-22)49-34(46,47)48/h1-11,14-15,19,23,46-48H,12-13,16-17,20H2,(H2,36,38)(H,37,40,43). The lowest BCUT2D eigenvalue weighted by Gasteiger charge is -2.32. The number of ether oxygens (including phenoxy) is 1. The van der Waals surface area contributed by atoms with Gasteiger partial charge in [0.2, 0.25) is 11.7 Å². The van der Waals surface area contributed by atoms with E-state index in [-0.39, 0.29) is 17.7 Å². The van der Waals surface area contributed by atoms with Crippen LogP contribution in [0.2, 0.25) is 0 Å². The largest absolute Gasteiger partial charge is 0.454 e. The van der Waals surface area contributed by atoms with E-state index >= 15 is 0 Å². The van der Waals surface area contributed by atoms with Crippen LogP contribution in [-0.2, 0) is 6.54 Å². The van der Waals surface area contributed by atoms with Crippen molar-refractivity contribution in [2.24, 2.45) is 0 Å². The van der Waals surface area contributed by atoms with Crippen molar-refractivity contribution >= 4 is 22.8 Å². The van der Waals surface area contributed by atoms with Gasteiger partial charge in [-0.1, -0.05) is 12.1 Å². The second kappa shape index (κ2) is 13.2. The van der Waals surface area contributed by atoms with Gasteiger partial charge >= 0.3 is 6.16 Å². The zero-order chi connectivity index (χ0) is 34.0. The fraction of sp³-hybridized carbons (Fsp3) is 0.206. The van der Waals surface area contributed by atoms with Gasteiger partial charge in [0.1, 0.15) is 23.2 Å². The molecule has 1 saturated heterocycles. The van der Waals surface area contributed by atoms with Gasteiger partial charge in [-0.2, -0.15) is 5.26 Å². The monoisotopic (exact) mass is 657 g/mol. The number of nitrogen functional groups attached to an aromatic ring is 1. The van der Waals surface area contributed by atoms with Crippen LogP contribution in [0.25, 0.3) is 39.5 Å². The Morgan fingerprint density at radius 3 is 2.45 bits per heavy atom. The van der Waals surface area contributed by atoms with E-state index in [1.54, 1.807) is 30.6 Å². The highest BCUT2D eigenvalue weighted by Gasteiger charge is 2.23. The van der Waals surface area contributed by atoms with Crippen molar-refractivity contribution in [3.8, 4) is 40.3 Å². The third-order valence-electron chi connectivity index (χ3n) is 8.15. The molecule has 5 aromatic heterocycles. The molecule has 6 heterocycles. The van der Waals surface area contributed by atoms with Gasteiger partial charge in [0.15, 0.2) is 11.5 Å². The summed E-state index contributed by atoms with van der Waals surface area (Å²) in [4.78, 5) is 28.7. The number of hydrogen-bond acceptors (Lipinski definition) is 14. The Morgan fingerprint density at radius 1 is 0.918 bits per heavy atom. The maximum Gasteiger partial charge on any atom is 0.454 e. The zero-order valence-corrected chi connectivity index (χ0v) is 26.0. The van der Waals surface area contributed by atoms with Gasteiger partial charge < -0.3 is 31.1 Å². The number of aromatic nitrogens is 7. The molecule has 6 N–H and O–H groups in total. The smallest absolute Gasteiger partial charge is 0.399 e. The molecule has 0 aliphatic carbocycles. The van der Waals surface area contributed by atoms with Crippen LogP contribution in [0.15, 0.2) is 85.3 Å². The van der Waals surface area contributed by atoms with Crippen molar-refractivity contribution in [2.75, 3.05) is 24.1 Å². The van der Waals surface area contributed by atoms with Crippen LogP contribution in [0.3, 0.4) is 0 Å². The molecule has 0 atom stereocenters. The number of aliphatic hydroxyl groups is 3. The fourth-order valence-corrected chi connectivity index (χ4v) is 5.83. The van der Waals surface area contributed by atoms with Gasteiger partial charge in [0, 0.05) is 61.6 Å². The first-order valence-corrected chi connectivity index (χ1v) is 15.5. The normalized spacial score (nSPS) is 14.1. The number of hydrogen-bond donors (Lipinski definition) is 5. The van der Waals surface area contributed by atoms with Gasteiger partial charge in [-0.3, -0.25) is 9.47 Å². The van der Waals surface area contributed by atoms with Crippen molar-refractivity contribution < 1.29 is 20.1 Å². The van der Waals surface area contributed by atoms with E-state index in [9.17, 15) is 0 Å². The Labute approximate surface area is 280 Å². The second-order valence-corrected chi connectivity index (χ2v) is 11.5. The summed E-state index contributed by atoms with van der Waals surface area (Å²) in [5.74, 6) is 1.57. The second-order valence-electron chi connectivity index (χ2n) is 11.5. The van der Waals surface area contributed by atoms with E-state index in [0.29, 0.717) is 45.4 Å². The van der Waals surface area contributed by atoms with E-state index in [2.05, 4.69) is 47.0 Å². The maximum absolute atomic E-state index is 9.10. The number of nitrogens with zero attached hydrogens (tertiary/aromatic N) is 9. The predicted molar refractivity (Wildman–Crippen MR) is 178 cm³/mol. The number of anilines is 2. The summed E-state index contributed by atoms with van der Waals surface area (Å²) in [6.07, 6.45) is 3.23. The first-order valence-electron chi connectivity index (χ1n) is 15.5. The Hall–Kier alpha value is -6.05. The molecule has 15 nitrogen and oxygen atoms in total. The van der Waals surface area contributed by atoms with Crippen molar-refractivity contribution in [3.05, 3.63) is 96.7 Å². The average molecular weight is 658 g/mol. The number of nitrogens with two attached hydrogens (primary N) is 1. The van der Waals surface area contributed by atoms with Crippen molar-refractivity contribution in [2.45, 2.75) is 31.6 Å². The lowest BCUT2D eigenvalue weighted by Crippen LogP contribution is -2.38. The quantitative estimate of drug-likeness (QED) is 0.141. The highest BCUT2D eigenvalue weighted by atomic mass is 16.9. The number of benzene rings is 1. The topological polar surface area (TPSA) is 217 Å². The number of nitrogens with one attached hydrogen (secondary N) is 1. The first-order chi connectivity index (χ1) is 23.7. The molecular formula is C34H31N11O4. The Bertz CT molecular complexity index is 2130. The van der Waals surface area contributed by atoms with Crippen LogP contribution in [0.4, 0.5) is 11.6 Å². The van der Waals surface area contributed by atoms with Crippen LogP contribution < -0.4 is 15.8 Å². The van der Waals surface area contributed by atoms with Gasteiger partial charge in [-0.15, -0.1) is 0 Å². The lowest BCUT2D eigenvalue weighted by atomic mass is 10.0. The van der Waals surface area contributed by atoms with Gasteiger partial charge in [0.05, 0.1) is 11.3 Å². The van der Waals surface area contributed by atoms with Gasteiger partial charge in [-0.25, -0.2) is 29.9 Å². The van der Waals surface area contributed by atoms with Crippen LogP contribution in [-0.4, -0.2) is 80.0 Å². The van der Waals surface area contributed by atoms with Gasteiger partial charge in [-0.05, 0) is 66.9 Å². The van der Waals surface area contributed by atoms with Crippen LogP contribution in [0.5, 0.6) is 5.88 Å². The third-order valence-corrected chi connectivity index (χ3v) is 8.15. The minimum Gasteiger partial charge on any atom is -0.399 e. The number of nitriles is 1. The lowest BCUT2D eigenvalue weighted by molar-refractivity contribution is -0.420. The highest BCUT2D eigenvalue weighted by molar-refractivity contribution is 5.84. The Balaban J connectivity index is 1.13. The molecule has 0 saturated carbocycles. The van der Waals surface area contributed by atoms with E-state index < -0.39 is 6.16 Å². The highest BCUT2D eigenvalue weighted by Crippen LogP contribution is 2.32. The molecule has 7 rings (SSSR count). The molecule has 15 heteroatoms.